The molecule has 0 atom stereocenters. The van der Waals surface area contributed by atoms with E-state index in [0.29, 0.717) is 15.4 Å². The van der Waals surface area contributed by atoms with E-state index in [1.807, 2.05) is 30.3 Å². The Hall–Kier alpha value is -1.33. The number of para-hydroxylation sites is 2. The summed E-state index contributed by atoms with van der Waals surface area (Å²) in [7, 11) is 0. The molecule has 0 N–H and O–H groups in total. The molecule has 3 rings (SSSR count). The fraction of sp³-hybridized carbons (Fsp3) is 0.0714. The first kappa shape index (κ1) is 12.7. The molecule has 19 heavy (non-hydrogen) atoms. The molecule has 3 aromatic rings. The van der Waals surface area contributed by atoms with Crippen molar-refractivity contribution < 1.29 is 8.81 Å². The topological polar surface area (TPSA) is 26.0 Å². The molecule has 2 nitrogen and oxygen atoms in total. The lowest BCUT2D eigenvalue weighted by molar-refractivity contribution is 0.489. The van der Waals surface area contributed by atoms with Crippen molar-refractivity contribution >= 4 is 38.8 Å². The van der Waals surface area contributed by atoms with E-state index in [1.54, 1.807) is 6.07 Å². The first-order valence-corrected chi connectivity index (χ1v) is 7.43. The quantitative estimate of drug-likeness (QED) is 0.627. The Balaban J connectivity index is 1.80. The molecule has 0 bridgehead atoms. The van der Waals surface area contributed by atoms with E-state index in [0.717, 1.165) is 16.7 Å². The summed E-state index contributed by atoms with van der Waals surface area (Å²) < 4.78 is 19.5. The number of fused-ring (bicyclic) bond motifs is 1. The van der Waals surface area contributed by atoms with Gasteiger partial charge in [-0.05, 0) is 39.7 Å². The van der Waals surface area contributed by atoms with Gasteiger partial charge in [-0.25, -0.2) is 9.37 Å². The molecule has 0 aliphatic heterocycles. The number of thioether (sulfide) groups is 1. The second-order valence-corrected chi connectivity index (χ2v) is 5.67. The van der Waals surface area contributed by atoms with Crippen molar-refractivity contribution in [1.82, 2.24) is 4.98 Å². The second kappa shape index (κ2) is 5.35. The van der Waals surface area contributed by atoms with Gasteiger partial charge in [0.05, 0.1) is 4.47 Å². The van der Waals surface area contributed by atoms with Crippen LogP contribution in [0.25, 0.3) is 11.1 Å². The van der Waals surface area contributed by atoms with Crippen LogP contribution in [0.3, 0.4) is 0 Å². The lowest BCUT2D eigenvalue weighted by Crippen LogP contribution is -1.86. The Kier molecular flexibility index (Phi) is 3.57. The van der Waals surface area contributed by atoms with Gasteiger partial charge in [0.1, 0.15) is 11.3 Å². The smallest absolute Gasteiger partial charge is 0.257 e. The number of hydrogen-bond donors (Lipinski definition) is 0. The molecule has 0 fully saturated rings. The van der Waals surface area contributed by atoms with Crippen LogP contribution in [-0.2, 0) is 5.75 Å². The minimum absolute atomic E-state index is 0.254. The molecule has 2 aromatic carbocycles. The normalized spacial score (nSPS) is 11.1. The number of aromatic nitrogens is 1. The highest BCUT2D eigenvalue weighted by atomic mass is 79.9. The number of nitrogens with zero attached hydrogens (tertiary/aromatic N) is 1. The molecule has 5 heteroatoms. The van der Waals surface area contributed by atoms with Gasteiger partial charge in [0.15, 0.2) is 5.58 Å². The average molecular weight is 338 g/mol. The SMILES string of the molecule is Fc1cccc(CSc2nc3ccccc3o2)c1Br. The van der Waals surface area contributed by atoms with Crippen LogP contribution in [0.1, 0.15) is 5.56 Å². The Morgan fingerprint density at radius 2 is 2.00 bits per heavy atom. The standard InChI is InChI=1S/C14H9BrFNOS/c15-13-9(4-3-5-10(13)16)8-19-14-17-11-6-1-2-7-12(11)18-14/h1-7H,8H2. The van der Waals surface area contributed by atoms with E-state index in [1.165, 1.54) is 17.8 Å². The van der Waals surface area contributed by atoms with Crippen LogP contribution >= 0.6 is 27.7 Å². The minimum atomic E-state index is -0.254. The number of oxazole rings is 1. The van der Waals surface area contributed by atoms with Gasteiger partial charge >= 0.3 is 0 Å². The molecule has 0 unspecified atom stereocenters. The number of halogens is 2. The maximum absolute atomic E-state index is 13.4. The summed E-state index contributed by atoms with van der Waals surface area (Å²) in [4.78, 5) is 4.37. The predicted octanol–water partition coefficient (Wildman–Crippen LogP) is 5.02. The molecule has 1 aromatic heterocycles. The Morgan fingerprint density at radius 1 is 1.16 bits per heavy atom. The average Bonchev–Trinajstić information content (AvgIpc) is 2.83. The zero-order chi connectivity index (χ0) is 13.2. The summed E-state index contributed by atoms with van der Waals surface area (Å²) in [5.74, 6) is 0.348. The number of hydrogen-bond acceptors (Lipinski definition) is 3. The van der Waals surface area contributed by atoms with Crippen LogP contribution in [0.2, 0.25) is 0 Å². The van der Waals surface area contributed by atoms with Crippen molar-refractivity contribution in [2.75, 3.05) is 0 Å². The maximum atomic E-state index is 13.4. The van der Waals surface area contributed by atoms with Gasteiger partial charge in [-0.15, -0.1) is 0 Å². The number of benzene rings is 2. The Labute approximate surface area is 122 Å². The molecule has 96 valence electrons. The van der Waals surface area contributed by atoms with Gasteiger partial charge in [0.2, 0.25) is 0 Å². The summed E-state index contributed by atoms with van der Waals surface area (Å²) in [5, 5.41) is 0.595. The minimum Gasteiger partial charge on any atom is -0.431 e. The van der Waals surface area contributed by atoms with Gasteiger partial charge < -0.3 is 4.42 Å². The first-order chi connectivity index (χ1) is 9.24. The van der Waals surface area contributed by atoms with Crippen molar-refractivity contribution in [2.24, 2.45) is 0 Å². The van der Waals surface area contributed by atoms with Gasteiger partial charge in [0, 0.05) is 5.75 Å². The molecule has 0 saturated carbocycles. The molecule has 0 aliphatic rings. The summed E-state index contributed by atoms with van der Waals surface area (Å²) in [6, 6.07) is 12.6. The van der Waals surface area contributed by atoms with E-state index in [-0.39, 0.29) is 5.82 Å². The van der Waals surface area contributed by atoms with E-state index in [9.17, 15) is 4.39 Å². The van der Waals surface area contributed by atoms with Crippen molar-refractivity contribution in [3.63, 3.8) is 0 Å². The third kappa shape index (κ3) is 2.67. The third-order valence-corrected chi connectivity index (χ3v) is 4.42. The van der Waals surface area contributed by atoms with Crippen LogP contribution in [0.4, 0.5) is 4.39 Å². The molecule has 0 saturated heterocycles. The van der Waals surface area contributed by atoms with E-state index < -0.39 is 0 Å². The van der Waals surface area contributed by atoms with Crippen molar-refractivity contribution in [1.29, 1.82) is 0 Å². The molecule has 0 spiro atoms. The highest BCUT2D eigenvalue weighted by Crippen LogP contribution is 2.29. The Bertz CT molecular complexity index is 695. The van der Waals surface area contributed by atoms with Crippen LogP contribution < -0.4 is 0 Å². The van der Waals surface area contributed by atoms with Crippen LogP contribution in [0.15, 0.2) is 56.6 Å². The predicted molar refractivity (Wildman–Crippen MR) is 77.7 cm³/mol. The highest BCUT2D eigenvalue weighted by Gasteiger charge is 2.09. The van der Waals surface area contributed by atoms with Crippen LogP contribution in [-0.4, -0.2) is 4.98 Å². The summed E-state index contributed by atoms with van der Waals surface area (Å²) in [6.07, 6.45) is 0. The molecular formula is C14H9BrFNOS. The van der Waals surface area contributed by atoms with Crippen molar-refractivity contribution in [2.45, 2.75) is 11.0 Å². The van der Waals surface area contributed by atoms with Crippen molar-refractivity contribution in [3.05, 3.63) is 58.3 Å². The van der Waals surface area contributed by atoms with Gasteiger partial charge in [-0.1, -0.05) is 36.0 Å². The van der Waals surface area contributed by atoms with E-state index in [2.05, 4.69) is 20.9 Å². The maximum Gasteiger partial charge on any atom is 0.257 e. The molecule has 0 amide bonds. The van der Waals surface area contributed by atoms with Crippen LogP contribution in [0.5, 0.6) is 0 Å². The fourth-order valence-corrected chi connectivity index (χ4v) is 3.13. The Morgan fingerprint density at radius 3 is 2.84 bits per heavy atom. The summed E-state index contributed by atoms with van der Waals surface area (Å²) >= 11 is 4.70. The third-order valence-electron chi connectivity index (χ3n) is 2.66. The zero-order valence-corrected chi connectivity index (χ0v) is 12.2. The second-order valence-electron chi connectivity index (χ2n) is 3.95. The van der Waals surface area contributed by atoms with Crippen LogP contribution in [0, 0.1) is 5.82 Å². The number of rotatable bonds is 3. The first-order valence-electron chi connectivity index (χ1n) is 5.65. The molecule has 0 aliphatic carbocycles. The van der Waals surface area contributed by atoms with E-state index in [4.69, 9.17) is 4.42 Å². The monoisotopic (exact) mass is 337 g/mol. The lowest BCUT2D eigenvalue weighted by atomic mass is 10.2. The molecular weight excluding hydrogens is 329 g/mol. The fourth-order valence-electron chi connectivity index (χ4n) is 1.71. The van der Waals surface area contributed by atoms with Gasteiger partial charge in [-0.3, -0.25) is 0 Å². The summed E-state index contributed by atoms with van der Waals surface area (Å²) in [5.41, 5.74) is 2.49. The van der Waals surface area contributed by atoms with Gasteiger partial charge in [0.25, 0.3) is 5.22 Å². The van der Waals surface area contributed by atoms with E-state index >= 15 is 0 Å². The van der Waals surface area contributed by atoms with Gasteiger partial charge in [-0.2, -0.15) is 0 Å². The molecule has 1 heterocycles. The van der Waals surface area contributed by atoms with Crippen molar-refractivity contribution in [3.8, 4) is 0 Å². The largest absolute Gasteiger partial charge is 0.431 e. The molecule has 0 radical (unpaired) electrons. The summed E-state index contributed by atoms with van der Waals surface area (Å²) in [6.45, 7) is 0. The lowest BCUT2D eigenvalue weighted by Gasteiger charge is -2.02. The highest BCUT2D eigenvalue weighted by molar-refractivity contribution is 9.10. The zero-order valence-electron chi connectivity index (χ0n) is 9.77.